The fourth-order valence-corrected chi connectivity index (χ4v) is 5.13. The van der Waals surface area contributed by atoms with Crippen LogP contribution in [0, 0.1) is 23.2 Å². The van der Waals surface area contributed by atoms with Crippen molar-refractivity contribution in [3.05, 3.63) is 11.6 Å². The van der Waals surface area contributed by atoms with Crippen LogP contribution in [0.4, 0.5) is 0 Å². The van der Waals surface area contributed by atoms with E-state index in [1.807, 2.05) is 6.92 Å². The Morgan fingerprint density at radius 2 is 2.00 bits per heavy atom. The summed E-state index contributed by atoms with van der Waals surface area (Å²) in [6.45, 7) is 9.97. The summed E-state index contributed by atoms with van der Waals surface area (Å²) in [6.07, 6.45) is 6.81. The number of ketones is 1. The van der Waals surface area contributed by atoms with Crippen LogP contribution in [-0.4, -0.2) is 27.7 Å². The molecular formula is C20H34O3. The molecular weight excluding hydrogens is 288 g/mol. The molecule has 0 aromatic rings. The van der Waals surface area contributed by atoms with Crippen LogP contribution < -0.4 is 0 Å². The maximum absolute atomic E-state index is 11.9. The van der Waals surface area contributed by atoms with Gasteiger partial charge in [-0.3, -0.25) is 4.79 Å². The topological polar surface area (TPSA) is 57.5 Å². The summed E-state index contributed by atoms with van der Waals surface area (Å²) < 4.78 is 0. The molecule has 23 heavy (non-hydrogen) atoms. The molecule has 6 atom stereocenters. The number of hydrogen-bond donors (Lipinski definition) is 2. The van der Waals surface area contributed by atoms with Gasteiger partial charge in [-0.2, -0.15) is 0 Å². The number of Topliss-reactive ketones (excluding diaryl/α,β-unsaturated/α-hetero) is 1. The Balaban J connectivity index is 2.14. The van der Waals surface area contributed by atoms with Crippen LogP contribution in [0.25, 0.3) is 0 Å². The van der Waals surface area contributed by atoms with E-state index >= 15 is 0 Å². The molecule has 2 saturated carbocycles. The minimum atomic E-state index is -0.696. The summed E-state index contributed by atoms with van der Waals surface area (Å²) in [7, 11) is 0. The minimum absolute atomic E-state index is 0.0660. The Bertz CT molecular complexity index is 475. The van der Waals surface area contributed by atoms with E-state index in [2.05, 4.69) is 26.8 Å². The fraction of sp³-hybridized carbons (Fsp3) is 0.850. The van der Waals surface area contributed by atoms with Crippen molar-refractivity contribution in [3.8, 4) is 0 Å². The van der Waals surface area contributed by atoms with E-state index in [9.17, 15) is 15.0 Å². The van der Waals surface area contributed by atoms with Gasteiger partial charge in [-0.15, -0.1) is 0 Å². The molecule has 2 rings (SSSR count). The van der Waals surface area contributed by atoms with Gasteiger partial charge >= 0.3 is 0 Å². The molecule has 0 aliphatic heterocycles. The SMILES string of the molecule is CC(=O)[C@@H]1C[C@@H]2[C@@H]([C@@](C)(O)CCC=C(C)C)CC[C@@]2(C)C[C@H]1O. The maximum atomic E-state index is 11.9. The highest BCUT2D eigenvalue weighted by Crippen LogP contribution is 2.59. The molecule has 0 amide bonds. The average molecular weight is 322 g/mol. The number of aliphatic hydroxyl groups excluding tert-OH is 1. The third kappa shape index (κ3) is 3.88. The summed E-state index contributed by atoms with van der Waals surface area (Å²) in [5, 5.41) is 21.4. The highest BCUT2D eigenvalue weighted by atomic mass is 16.3. The van der Waals surface area contributed by atoms with Crippen molar-refractivity contribution in [2.45, 2.75) is 84.8 Å². The largest absolute Gasteiger partial charge is 0.392 e. The standard InChI is InChI=1S/C20H34O3/c1-13(2)7-6-9-20(5,23)16-8-10-19(4)12-18(22)15(14(3)21)11-17(16)19/h7,15-18,22-23H,6,8-12H2,1-5H3/t15-,16-,17+,18+,19-,20-/m0/s1. The van der Waals surface area contributed by atoms with Crippen molar-refractivity contribution in [3.63, 3.8) is 0 Å². The fourth-order valence-electron chi connectivity index (χ4n) is 5.13. The van der Waals surface area contributed by atoms with E-state index in [1.165, 1.54) is 5.57 Å². The molecule has 2 fully saturated rings. The summed E-state index contributed by atoms with van der Waals surface area (Å²) in [6, 6.07) is 0. The zero-order valence-electron chi connectivity index (χ0n) is 15.4. The predicted octanol–water partition coefficient (Wildman–Crippen LogP) is 3.88. The molecule has 3 heteroatoms. The van der Waals surface area contributed by atoms with Gasteiger partial charge in [0.15, 0.2) is 0 Å². The van der Waals surface area contributed by atoms with Gasteiger partial charge in [0.05, 0.1) is 11.7 Å². The lowest BCUT2D eigenvalue weighted by atomic mass is 9.60. The van der Waals surface area contributed by atoms with E-state index < -0.39 is 11.7 Å². The third-order valence-corrected chi connectivity index (χ3v) is 6.58. The molecule has 3 nitrogen and oxygen atoms in total. The van der Waals surface area contributed by atoms with Gasteiger partial charge in [-0.1, -0.05) is 18.6 Å². The Labute approximate surface area is 141 Å². The minimum Gasteiger partial charge on any atom is -0.392 e. The van der Waals surface area contributed by atoms with Crippen LogP contribution in [0.2, 0.25) is 0 Å². The number of carbonyl (C=O) groups is 1. The van der Waals surface area contributed by atoms with Crippen molar-refractivity contribution >= 4 is 5.78 Å². The zero-order chi connectivity index (χ0) is 17.4. The lowest BCUT2D eigenvalue weighted by Gasteiger charge is -2.46. The Morgan fingerprint density at radius 3 is 2.57 bits per heavy atom. The quantitative estimate of drug-likeness (QED) is 0.755. The normalized spacial score (nSPS) is 39.4. The Kier molecular flexibility index (Phi) is 5.42. The average Bonchev–Trinajstić information content (AvgIpc) is 2.73. The second-order valence-electron chi connectivity index (χ2n) is 8.81. The van der Waals surface area contributed by atoms with Crippen molar-refractivity contribution < 1.29 is 15.0 Å². The number of hydrogen-bond acceptors (Lipinski definition) is 3. The van der Waals surface area contributed by atoms with Crippen molar-refractivity contribution in [1.29, 1.82) is 0 Å². The molecule has 2 N–H and O–H groups in total. The second-order valence-corrected chi connectivity index (χ2v) is 8.81. The van der Waals surface area contributed by atoms with E-state index in [1.54, 1.807) is 6.92 Å². The molecule has 2 aliphatic carbocycles. The van der Waals surface area contributed by atoms with Gasteiger partial charge < -0.3 is 10.2 Å². The molecule has 132 valence electrons. The van der Waals surface area contributed by atoms with Crippen molar-refractivity contribution in [2.24, 2.45) is 23.2 Å². The van der Waals surface area contributed by atoms with Gasteiger partial charge in [0.2, 0.25) is 0 Å². The molecule has 0 radical (unpaired) electrons. The first kappa shape index (κ1) is 18.7. The van der Waals surface area contributed by atoms with Gasteiger partial charge in [-0.05, 0) is 83.5 Å². The smallest absolute Gasteiger partial charge is 0.135 e. The Morgan fingerprint density at radius 1 is 1.35 bits per heavy atom. The lowest BCUT2D eigenvalue weighted by molar-refractivity contribution is -0.133. The molecule has 0 bridgehead atoms. The molecule has 0 spiro atoms. The first-order valence-electron chi connectivity index (χ1n) is 9.11. The van der Waals surface area contributed by atoms with Crippen LogP contribution in [0.3, 0.4) is 0 Å². The number of carbonyl (C=O) groups excluding carboxylic acids is 1. The van der Waals surface area contributed by atoms with Crippen molar-refractivity contribution in [1.82, 2.24) is 0 Å². The first-order chi connectivity index (χ1) is 10.6. The van der Waals surface area contributed by atoms with Gasteiger partial charge in [0.25, 0.3) is 0 Å². The third-order valence-electron chi connectivity index (χ3n) is 6.58. The van der Waals surface area contributed by atoms with Crippen LogP contribution in [0.15, 0.2) is 11.6 Å². The number of rotatable bonds is 5. The summed E-state index contributed by atoms with van der Waals surface area (Å²) >= 11 is 0. The van der Waals surface area contributed by atoms with E-state index in [0.717, 1.165) is 32.1 Å². The van der Waals surface area contributed by atoms with E-state index in [4.69, 9.17) is 0 Å². The summed E-state index contributed by atoms with van der Waals surface area (Å²) in [5.41, 5.74) is 0.656. The Hall–Kier alpha value is -0.670. The summed E-state index contributed by atoms with van der Waals surface area (Å²) in [4.78, 5) is 11.9. The van der Waals surface area contributed by atoms with Crippen LogP contribution in [0.1, 0.15) is 73.1 Å². The highest BCUT2D eigenvalue weighted by Gasteiger charge is 2.55. The number of fused-ring (bicyclic) bond motifs is 1. The number of allylic oxidation sites excluding steroid dienone is 2. The van der Waals surface area contributed by atoms with Gasteiger partial charge in [0.1, 0.15) is 5.78 Å². The number of aliphatic hydroxyl groups is 2. The highest BCUT2D eigenvalue weighted by molar-refractivity contribution is 5.79. The summed E-state index contributed by atoms with van der Waals surface area (Å²) in [5.74, 6) is 0.408. The van der Waals surface area contributed by atoms with Gasteiger partial charge in [0, 0.05) is 5.92 Å². The first-order valence-corrected chi connectivity index (χ1v) is 9.11. The molecule has 0 aromatic carbocycles. The molecule has 0 unspecified atom stereocenters. The molecule has 0 aromatic heterocycles. The van der Waals surface area contributed by atoms with Crippen LogP contribution in [0.5, 0.6) is 0 Å². The second kappa shape index (κ2) is 6.68. The molecule has 0 saturated heterocycles. The molecule has 0 heterocycles. The zero-order valence-corrected chi connectivity index (χ0v) is 15.4. The van der Waals surface area contributed by atoms with E-state index in [-0.39, 0.29) is 23.0 Å². The van der Waals surface area contributed by atoms with E-state index in [0.29, 0.717) is 12.3 Å². The van der Waals surface area contributed by atoms with Gasteiger partial charge in [-0.25, -0.2) is 0 Å². The van der Waals surface area contributed by atoms with Crippen LogP contribution in [-0.2, 0) is 4.79 Å². The lowest BCUT2D eigenvalue weighted by Crippen LogP contribution is -2.47. The van der Waals surface area contributed by atoms with Crippen LogP contribution >= 0.6 is 0 Å². The van der Waals surface area contributed by atoms with Crippen molar-refractivity contribution in [2.75, 3.05) is 0 Å². The molecule has 2 aliphatic rings. The monoisotopic (exact) mass is 322 g/mol. The predicted molar refractivity (Wildman–Crippen MR) is 93.0 cm³/mol. The maximum Gasteiger partial charge on any atom is 0.135 e.